The van der Waals surface area contributed by atoms with Gasteiger partial charge in [0.1, 0.15) is 0 Å². The Kier molecular flexibility index (Phi) is 6.36. The van der Waals surface area contributed by atoms with Crippen LogP contribution in [-0.2, 0) is 21.2 Å². The summed E-state index contributed by atoms with van der Waals surface area (Å²) in [5.41, 5.74) is 3.35. The minimum Gasteiger partial charge on any atom is -0.326 e. The van der Waals surface area contributed by atoms with E-state index in [-0.39, 0.29) is 11.8 Å². The fraction of sp³-hybridized carbons (Fsp3) is 0.364. The van der Waals surface area contributed by atoms with Crippen molar-refractivity contribution in [1.82, 2.24) is 4.31 Å². The fourth-order valence-corrected chi connectivity index (χ4v) is 5.30. The Bertz CT molecular complexity index is 1030. The van der Waals surface area contributed by atoms with E-state index in [1.165, 1.54) is 4.31 Å². The average Bonchev–Trinajstić information content (AvgIpc) is 2.69. The van der Waals surface area contributed by atoms with E-state index in [1.807, 2.05) is 38.1 Å². The predicted octanol–water partition coefficient (Wildman–Crippen LogP) is 3.41. The summed E-state index contributed by atoms with van der Waals surface area (Å²) in [6, 6.07) is 14.6. The van der Waals surface area contributed by atoms with Gasteiger partial charge in [-0.25, -0.2) is 8.42 Å². The number of hydrogen-bond acceptors (Lipinski definition) is 4. The van der Waals surface area contributed by atoms with E-state index in [0.29, 0.717) is 42.9 Å². The molecule has 0 saturated carbocycles. The minimum absolute atomic E-state index is 0.0957. The molecule has 0 spiro atoms. The third kappa shape index (κ3) is 4.84. The van der Waals surface area contributed by atoms with Crippen LogP contribution >= 0.6 is 0 Å². The van der Waals surface area contributed by atoms with Crippen LogP contribution in [0.2, 0.25) is 0 Å². The van der Waals surface area contributed by atoms with Gasteiger partial charge < -0.3 is 5.32 Å². The second-order valence-corrected chi connectivity index (χ2v) is 9.37. The van der Waals surface area contributed by atoms with Crippen molar-refractivity contribution in [1.29, 1.82) is 5.26 Å². The standard InChI is InChI=1S/C22H25N3O3S/c1-16-3-8-21(17(2)15-16)29(27,28)25-13-10-19(11-14-25)22(26)24-20-6-4-18(5-7-20)9-12-23/h3-8,15,19H,9-11,13-14H2,1-2H3,(H,24,26). The third-order valence-electron chi connectivity index (χ3n) is 5.28. The first-order chi connectivity index (χ1) is 13.8. The van der Waals surface area contributed by atoms with E-state index in [0.717, 1.165) is 16.7 Å². The number of amides is 1. The topological polar surface area (TPSA) is 90.3 Å². The molecular formula is C22H25N3O3S. The molecule has 3 rings (SSSR count). The quantitative estimate of drug-likeness (QED) is 0.816. The lowest BCUT2D eigenvalue weighted by atomic mass is 9.97. The number of nitrogens with one attached hydrogen (secondary N) is 1. The number of benzene rings is 2. The summed E-state index contributed by atoms with van der Waals surface area (Å²) in [5, 5.41) is 11.6. The molecule has 1 fully saturated rings. The molecule has 1 aliphatic heterocycles. The van der Waals surface area contributed by atoms with Gasteiger partial charge in [-0.1, -0.05) is 29.8 Å². The molecule has 152 valence electrons. The van der Waals surface area contributed by atoms with Crippen molar-refractivity contribution < 1.29 is 13.2 Å². The number of carbonyl (C=O) groups is 1. The molecule has 2 aromatic rings. The summed E-state index contributed by atoms with van der Waals surface area (Å²) in [6.07, 6.45) is 1.31. The number of rotatable bonds is 5. The molecule has 2 aromatic carbocycles. The van der Waals surface area contributed by atoms with E-state index < -0.39 is 10.0 Å². The lowest BCUT2D eigenvalue weighted by Crippen LogP contribution is -2.41. The molecule has 7 heteroatoms. The Morgan fingerprint density at radius 1 is 1.14 bits per heavy atom. The van der Waals surface area contributed by atoms with Crippen molar-refractivity contribution in [2.45, 2.75) is 38.0 Å². The maximum atomic E-state index is 13.0. The largest absolute Gasteiger partial charge is 0.326 e. The van der Waals surface area contributed by atoms with Gasteiger partial charge in [0.2, 0.25) is 15.9 Å². The van der Waals surface area contributed by atoms with Crippen LogP contribution in [0, 0.1) is 31.1 Å². The van der Waals surface area contributed by atoms with Crippen molar-refractivity contribution >= 4 is 21.6 Å². The van der Waals surface area contributed by atoms with E-state index in [4.69, 9.17) is 5.26 Å². The zero-order chi connectivity index (χ0) is 21.0. The van der Waals surface area contributed by atoms with Gasteiger partial charge in [-0.2, -0.15) is 9.57 Å². The van der Waals surface area contributed by atoms with Crippen molar-refractivity contribution in [3.05, 3.63) is 59.2 Å². The molecule has 6 nitrogen and oxygen atoms in total. The lowest BCUT2D eigenvalue weighted by molar-refractivity contribution is -0.120. The van der Waals surface area contributed by atoms with Crippen LogP contribution in [0.3, 0.4) is 0 Å². The van der Waals surface area contributed by atoms with Gasteiger partial charge in [-0.15, -0.1) is 0 Å². The van der Waals surface area contributed by atoms with Gasteiger partial charge >= 0.3 is 0 Å². The summed E-state index contributed by atoms with van der Waals surface area (Å²) in [7, 11) is -3.55. The summed E-state index contributed by atoms with van der Waals surface area (Å²) in [6.45, 7) is 4.40. The Hall–Kier alpha value is -2.69. The predicted molar refractivity (Wildman–Crippen MR) is 112 cm³/mol. The monoisotopic (exact) mass is 411 g/mol. The molecule has 0 bridgehead atoms. The van der Waals surface area contributed by atoms with Crippen LogP contribution in [-0.4, -0.2) is 31.7 Å². The van der Waals surface area contributed by atoms with Gasteiger partial charge in [0.05, 0.1) is 17.4 Å². The first-order valence-electron chi connectivity index (χ1n) is 9.65. The molecule has 0 atom stereocenters. The number of sulfonamides is 1. The van der Waals surface area contributed by atoms with Crippen molar-refractivity contribution in [3.63, 3.8) is 0 Å². The molecule has 0 radical (unpaired) electrons. The molecule has 1 amide bonds. The molecule has 0 aromatic heterocycles. The zero-order valence-corrected chi connectivity index (χ0v) is 17.5. The summed E-state index contributed by atoms with van der Waals surface area (Å²) in [4.78, 5) is 12.9. The number of hydrogen-bond donors (Lipinski definition) is 1. The van der Waals surface area contributed by atoms with Crippen molar-refractivity contribution in [2.24, 2.45) is 5.92 Å². The highest BCUT2D eigenvalue weighted by Crippen LogP contribution is 2.27. The number of carbonyl (C=O) groups excluding carboxylic acids is 1. The lowest BCUT2D eigenvalue weighted by Gasteiger charge is -2.31. The molecule has 1 saturated heterocycles. The molecule has 1 heterocycles. The SMILES string of the molecule is Cc1ccc(S(=O)(=O)N2CCC(C(=O)Nc3ccc(CC#N)cc3)CC2)c(C)c1. The van der Waals surface area contributed by atoms with Gasteiger partial charge in [-0.3, -0.25) is 4.79 Å². The highest BCUT2D eigenvalue weighted by Gasteiger charge is 2.32. The Balaban J connectivity index is 1.61. The number of nitrogens with zero attached hydrogens (tertiary/aromatic N) is 2. The molecule has 0 unspecified atom stereocenters. The van der Waals surface area contributed by atoms with Gasteiger partial charge in [0.15, 0.2) is 0 Å². The number of piperidine rings is 1. The average molecular weight is 412 g/mol. The van der Waals surface area contributed by atoms with E-state index in [2.05, 4.69) is 11.4 Å². The second kappa shape index (κ2) is 8.76. The van der Waals surface area contributed by atoms with Gasteiger partial charge in [0, 0.05) is 24.7 Å². The molecule has 1 aliphatic rings. The van der Waals surface area contributed by atoms with Crippen LogP contribution < -0.4 is 5.32 Å². The van der Waals surface area contributed by atoms with Crippen LogP contribution in [0.15, 0.2) is 47.4 Å². The van der Waals surface area contributed by atoms with Crippen LogP contribution in [0.5, 0.6) is 0 Å². The molecule has 29 heavy (non-hydrogen) atoms. The zero-order valence-electron chi connectivity index (χ0n) is 16.7. The normalized spacial score (nSPS) is 15.6. The molecular weight excluding hydrogens is 386 g/mol. The first kappa shape index (κ1) is 21.0. The van der Waals surface area contributed by atoms with Gasteiger partial charge in [0.25, 0.3) is 0 Å². The maximum absolute atomic E-state index is 13.0. The number of anilines is 1. The smallest absolute Gasteiger partial charge is 0.243 e. The van der Waals surface area contributed by atoms with Crippen LogP contribution in [0.4, 0.5) is 5.69 Å². The summed E-state index contributed by atoms with van der Waals surface area (Å²) in [5.74, 6) is -0.319. The van der Waals surface area contributed by atoms with Crippen LogP contribution in [0.1, 0.15) is 29.5 Å². The van der Waals surface area contributed by atoms with Crippen molar-refractivity contribution in [3.8, 4) is 6.07 Å². The molecule has 0 aliphatic carbocycles. The number of aryl methyl sites for hydroxylation is 2. The van der Waals surface area contributed by atoms with E-state index >= 15 is 0 Å². The third-order valence-corrected chi connectivity index (χ3v) is 7.34. The highest BCUT2D eigenvalue weighted by atomic mass is 32.2. The Labute approximate surface area is 172 Å². The van der Waals surface area contributed by atoms with Gasteiger partial charge in [-0.05, 0) is 56.0 Å². The first-order valence-corrected chi connectivity index (χ1v) is 11.1. The maximum Gasteiger partial charge on any atom is 0.243 e. The highest BCUT2D eigenvalue weighted by molar-refractivity contribution is 7.89. The molecule has 1 N–H and O–H groups in total. The Morgan fingerprint density at radius 2 is 1.79 bits per heavy atom. The fourth-order valence-electron chi connectivity index (χ4n) is 3.63. The Morgan fingerprint density at radius 3 is 2.38 bits per heavy atom. The number of nitriles is 1. The second-order valence-electron chi connectivity index (χ2n) is 7.47. The summed E-state index contributed by atoms with van der Waals surface area (Å²) >= 11 is 0. The minimum atomic E-state index is -3.55. The van der Waals surface area contributed by atoms with E-state index in [9.17, 15) is 13.2 Å². The van der Waals surface area contributed by atoms with Crippen molar-refractivity contribution in [2.75, 3.05) is 18.4 Å². The van der Waals surface area contributed by atoms with E-state index in [1.54, 1.807) is 18.2 Å². The van der Waals surface area contributed by atoms with Crippen LogP contribution in [0.25, 0.3) is 0 Å². The summed E-state index contributed by atoms with van der Waals surface area (Å²) < 4.78 is 27.4.